The van der Waals surface area contributed by atoms with Gasteiger partial charge in [-0.2, -0.15) is 0 Å². The predicted octanol–water partition coefficient (Wildman–Crippen LogP) is 3.93. The molecular weight excluding hydrogens is 286 g/mol. The number of ether oxygens (including phenoxy) is 1. The molecule has 1 atom stereocenters. The third-order valence-corrected chi connectivity index (χ3v) is 3.28. The molecule has 1 unspecified atom stereocenters. The van der Waals surface area contributed by atoms with Gasteiger partial charge in [-0.05, 0) is 49.1 Å². The van der Waals surface area contributed by atoms with Gasteiger partial charge in [-0.3, -0.25) is 4.99 Å². The summed E-state index contributed by atoms with van der Waals surface area (Å²) in [6.45, 7) is 11.5. The van der Waals surface area contributed by atoms with Crippen molar-refractivity contribution in [2.75, 3.05) is 7.11 Å². The summed E-state index contributed by atoms with van der Waals surface area (Å²) in [7, 11) is 1.60. The summed E-state index contributed by atoms with van der Waals surface area (Å²) in [5, 5.41) is 0. The quantitative estimate of drug-likeness (QED) is 0.342. The highest BCUT2D eigenvalue weighted by molar-refractivity contribution is 5.78. The van der Waals surface area contributed by atoms with Crippen LogP contribution in [0.5, 0.6) is 5.88 Å². The topological polar surface area (TPSA) is 60.5 Å². The van der Waals surface area contributed by atoms with Crippen LogP contribution in [0.15, 0.2) is 66.4 Å². The van der Waals surface area contributed by atoms with Crippen LogP contribution < -0.4 is 10.5 Å². The molecule has 0 aliphatic rings. The Morgan fingerprint density at radius 2 is 2.17 bits per heavy atom. The molecule has 1 aromatic heterocycles. The molecule has 0 aliphatic carbocycles. The molecule has 1 rings (SSSR count). The van der Waals surface area contributed by atoms with Crippen LogP contribution in [0.3, 0.4) is 0 Å². The molecule has 23 heavy (non-hydrogen) atoms. The summed E-state index contributed by atoms with van der Waals surface area (Å²) in [5.74, 6) is 1.13. The molecular formula is C19H25N3O. The lowest BCUT2D eigenvalue weighted by Crippen LogP contribution is -2.14. The summed E-state index contributed by atoms with van der Waals surface area (Å²) >= 11 is 0. The second kappa shape index (κ2) is 9.41. The van der Waals surface area contributed by atoms with Crippen molar-refractivity contribution >= 4 is 11.4 Å². The van der Waals surface area contributed by atoms with Crippen molar-refractivity contribution in [2.24, 2.45) is 10.7 Å². The zero-order valence-corrected chi connectivity index (χ0v) is 14.1. The number of hydrogen-bond donors (Lipinski definition) is 1. The molecule has 0 amide bonds. The van der Waals surface area contributed by atoms with Crippen LogP contribution in [-0.4, -0.2) is 24.0 Å². The number of pyridine rings is 1. The first-order chi connectivity index (χ1) is 11.0. The Hall–Kier alpha value is -2.62. The zero-order chi connectivity index (χ0) is 17.2. The summed E-state index contributed by atoms with van der Waals surface area (Å²) < 4.78 is 5.09. The predicted molar refractivity (Wildman–Crippen MR) is 98.6 cm³/mol. The number of hydrogen-bond acceptors (Lipinski definition) is 3. The minimum Gasteiger partial charge on any atom is -0.481 e. The van der Waals surface area contributed by atoms with E-state index in [1.54, 1.807) is 26.3 Å². The number of nitrogens with two attached hydrogens (primary N) is 1. The van der Waals surface area contributed by atoms with Crippen molar-refractivity contribution in [3.8, 4) is 5.88 Å². The van der Waals surface area contributed by atoms with Gasteiger partial charge in [0.1, 0.15) is 0 Å². The zero-order valence-electron chi connectivity index (χ0n) is 14.1. The molecule has 1 heterocycles. The van der Waals surface area contributed by atoms with Gasteiger partial charge >= 0.3 is 0 Å². The van der Waals surface area contributed by atoms with E-state index in [-0.39, 0.29) is 6.04 Å². The fourth-order valence-corrected chi connectivity index (χ4v) is 2.14. The minimum atomic E-state index is -0.0869. The molecule has 0 bridgehead atoms. The number of rotatable bonds is 8. The molecule has 4 heteroatoms. The fourth-order valence-electron chi connectivity index (χ4n) is 2.14. The van der Waals surface area contributed by atoms with Crippen LogP contribution in [-0.2, 0) is 0 Å². The van der Waals surface area contributed by atoms with Crippen molar-refractivity contribution < 1.29 is 4.74 Å². The number of amidine groups is 1. The Balaban J connectivity index is 3.20. The van der Waals surface area contributed by atoms with Crippen molar-refractivity contribution in [2.45, 2.75) is 26.3 Å². The molecule has 0 aromatic carbocycles. The monoisotopic (exact) mass is 311 g/mol. The molecule has 0 aliphatic heterocycles. The summed E-state index contributed by atoms with van der Waals surface area (Å²) in [5.41, 5.74) is 8.76. The summed E-state index contributed by atoms with van der Waals surface area (Å²) in [6, 6.07) is 3.72. The van der Waals surface area contributed by atoms with Crippen LogP contribution in [0, 0.1) is 0 Å². The smallest absolute Gasteiger partial charge is 0.212 e. The number of aliphatic imine (C=N–C) groups is 1. The van der Waals surface area contributed by atoms with E-state index in [4.69, 9.17) is 10.5 Å². The second-order valence-corrected chi connectivity index (χ2v) is 4.99. The SMILES string of the molecule is C=CCC(N=C(C)N)/C(C=C)=C/C(=C\C)c1ccc(OC)nc1. The van der Waals surface area contributed by atoms with Crippen LogP contribution in [0.25, 0.3) is 5.57 Å². The third-order valence-electron chi connectivity index (χ3n) is 3.28. The van der Waals surface area contributed by atoms with Gasteiger partial charge in [0.2, 0.25) is 5.88 Å². The molecule has 0 spiro atoms. The highest BCUT2D eigenvalue weighted by Crippen LogP contribution is 2.22. The van der Waals surface area contributed by atoms with Gasteiger partial charge in [-0.25, -0.2) is 4.98 Å². The first-order valence-electron chi connectivity index (χ1n) is 7.47. The van der Waals surface area contributed by atoms with Crippen molar-refractivity contribution in [3.63, 3.8) is 0 Å². The lowest BCUT2D eigenvalue weighted by atomic mass is 9.98. The first kappa shape index (κ1) is 18.4. The molecule has 0 fully saturated rings. The van der Waals surface area contributed by atoms with Crippen molar-refractivity contribution in [1.29, 1.82) is 0 Å². The lowest BCUT2D eigenvalue weighted by Gasteiger charge is -2.14. The Morgan fingerprint density at radius 3 is 2.61 bits per heavy atom. The van der Waals surface area contributed by atoms with E-state index in [1.807, 2.05) is 31.2 Å². The fraction of sp³-hybridized carbons (Fsp3) is 0.263. The van der Waals surface area contributed by atoms with Crippen molar-refractivity contribution in [3.05, 3.63) is 66.9 Å². The first-order valence-corrected chi connectivity index (χ1v) is 7.47. The standard InChI is InChI=1S/C19H25N3O/c1-6-9-18(22-14(4)20)16(8-3)12-15(7-2)17-10-11-19(23-5)21-13-17/h6-8,10-13,18H,1,3,9H2,2,4-5H3,(H2,20,22)/b15-7+,16-12+. The van der Waals surface area contributed by atoms with Gasteiger partial charge < -0.3 is 10.5 Å². The number of allylic oxidation sites excluding steroid dienone is 3. The van der Waals surface area contributed by atoms with Gasteiger partial charge in [0, 0.05) is 12.3 Å². The molecule has 0 saturated heterocycles. The number of methoxy groups -OCH3 is 1. The summed E-state index contributed by atoms with van der Waals surface area (Å²) in [4.78, 5) is 8.71. The number of nitrogens with zero attached hydrogens (tertiary/aromatic N) is 2. The Morgan fingerprint density at radius 1 is 1.43 bits per heavy atom. The maximum absolute atomic E-state index is 5.74. The van der Waals surface area contributed by atoms with E-state index in [9.17, 15) is 0 Å². The minimum absolute atomic E-state index is 0.0869. The van der Waals surface area contributed by atoms with E-state index in [2.05, 4.69) is 29.2 Å². The van der Waals surface area contributed by atoms with Gasteiger partial charge in [-0.15, -0.1) is 6.58 Å². The van der Waals surface area contributed by atoms with Gasteiger partial charge in [-0.1, -0.05) is 24.8 Å². The molecule has 0 radical (unpaired) electrons. The van der Waals surface area contributed by atoms with Crippen LogP contribution in [0.1, 0.15) is 25.8 Å². The molecule has 122 valence electrons. The maximum atomic E-state index is 5.74. The molecule has 0 saturated carbocycles. The largest absolute Gasteiger partial charge is 0.481 e. The molecule has 1 aromatic rings. The number of aromatic nitrogens is 1. The lowest BCUT2D eigenvalue weighted by molar-refractivity contribution is 0.398. The average Bonchev–Trinajstić information content (AvgIpc) is 2.55. The third kappa shape index (κ3) is 5.58. The highest BCUT2D eigenvalue weighted by atomic mass is 16.5. The van der Waals surface area contributed by atoms with Crippen LogP contribution >= 0.6 is 0 Å². The van der Waals surface area contributed by atoms with E-state index in [0.29, 0.717) is 18.1 Å². The maximum Gasteiger partial charge on any atom is 0.212 e. The van der Waals surface area contributed by atoms with Crippen LogP contribution in [0.4, 0.5) is 0 Å². The Kier molecular flexibility index (Phi) is 7.54. The summed E-state index contributed by atoms with van der Waals surface area (Å²) in [6.07, 6.45) is 10.2. The van der Waals surface area contributed by atoms with Gasteiger partial charge in [0.25, 0.3) is 0 Å². The normalized spacial score (nSPS) is 14.3. The molecule has 4 nitrogen and oxygen atoms in total. The Bertz CT molecular complexity index is 621. The van der Waals surface area contributed by atoms with Gasteiger partial charge in [0.05, 0.1) is 19.0 Å². The van der Waals surface area contributed by atoms with E-state index >= 15 is 0 Å². The molecule has 2 N–H and O–H groups in total. The van der Waals surface area contributed by atoms with Gasteiger partial charge in [0.15, 0.2) is 0 Å². The van der Waals surface area contributed by atoms with Crippen LogP contribution in [0.2, 0.25) is 0 Å². The van der Waals surface area contributed by atoms with Crippen molar-refractivity contribution in [1.82, 2.24) is 4.98 Å². The average molecular weight is 311 g/mol. The van der Waals surface area contributed by atoms with E-state index < -0.39 is 0 Å². The Labute approximate surface area is 138 Å². The second-order valence-electron chi connectivity index (χ2n) is 4.99. The van der Waals surface area contributed by atoms with E-state index in [0.717, 1.165) is 16.7 Å². The highest BCUT2D eigenvalue weighted by Gasteiger charge is 2.10. The van der Waals surface area contributed by atoms with E-state index in [1.165, 1.54) is 0 Å².